The average Bonchev–Trinajstić information content (AvgIpc) is 2.42. The van der Waals surface area contributed by atoms with E-state index in [0.29, 0.717) is 11.9 Å². The highest BCUT2D eigenvalue weighted by atomic mass is 16.5. The van der Waals surface area contributed by atoms with Gasteiger partial charge >= 0.3 is 0 Å². The van der Waals surface area contributed by atoms with E-state index in [0.717, 1.165) is 31.4 Å². The number of phenolic OH excluding ortho intramolecular Hbond substituents is 1. The predicted molar refractivity (Wildman–Crippen MR) is 74.4 cm³/mol. The Morgan fingerprint density at radius 1 is 1.11 bits per heavy atom. The molecular formula is C16H24O2. The second-order valence-corrected chi connectivity index (χ2v) is 5.14. The highest BCUT2D eigenvalue weighted by Gasteiger charge is 2.19. The number of hydrogen-bond donors (Lipinski definition) is 1. The molecule has 2 rings (SSSR count). The molecule has 0 saturated heterocycles. The Morgan fingerprint density at radius 3 is 2.44 bits per heavy atom. The minimum absolute atomic E-state index is 0.294. The SMILES string of the molecule is CCc1ccc(O)c(OC2CCCCC2)c1CC. The van der Waals surface area contributed by atoms with Gasteiger partial charge in [-0.2, -0.15) is 0 Å². The normalized spacial score (nSPS) is 16.8. The molecule has 1 aromatic rings. The van der Waals surface area contributed by atoms with Crippen molar-refractivity contribution in [1.29, 1.82) is 0 Å². The van der Waals surface area contributed by atoms with Crippen LogP contribution >= 0.6 is 0 Å². The van der Waals surface area contributed by atoms with Crippen LogP contribution in [0.4, 0.5) is 0 Å². The van der Waals surface area contributed by atoms with E-state index in [-0.39, 0.29) is 0 Å². The van der Waals surface area contributed by atoms with Gasteiger partial charge in [0.2, 0.25) is 0 Å². The number of aryl methyl sites for hydroxylation is 1. The van der Waals surface area contributed by atoms with Gasteiger partial charge in [0.1, 0.15) is 0 Å². The summed E-state index contributed by atoms with van der Waals surface area (Å²) in [7, 11) is 0. The highest BCUT2D eigenvalue weighted by molar-refractivity contribution is 5.50. The van der Waals surface area contributed by atoms with Crippen LogP contribution in [0.1, 0.15) is 57.1 Å². The minimum atomic E-state index is 0.294. The molecule has 0 radical (unpaired) electrons. The maximum Gasteiger partial charge on any atom is 0.164 e. The van der Waals surface area contributed by atoms with E-state index in [1.54, 1.807) is 6.07 Å². The van der Waals surface area contributed by atoms with Crippen LogP contribution in [-0.4, -0.2) is 11.2 Å². The fourth-order valence-corrected chi connectivity index (χ4v) is 2.86. The van der Waals surface area contributed by atoms with Gasteiger partial charge in [-0.25, -0.2) is 0 Å². The van der Waals surface area contributed by atoms with Crippen molar-refractivity contribution in [2.24, 2.45) is 0 Å². The van der Waals surface area contributed by atoms with Gasteiger partial charge < -0.3 is 9.84 Å². The molecule has 2 nitrogen and oxygen atoms in total. The molecular weight excluding hydrogens is 224 g/mol. The van der Waals surface area contributed by atoms with Gasteiger partial charge in [0.05, 0.1) is 6.10 Å². The molecule has 1 aliphatic carbocycles. The van der Waals surface area contributed by atoms with E-state index >= 15 is 0 Å². The largest absolute Gasteiger partial charge is 0.504 e. The molecule has 0 aliphatic heterocycles. The van der Waals surface area contributed by atoms with Crippen molar-refractivity contribution >= 4 is 0 Å². The molecule has 0 bridgehead atoms. The summed E-state index contributed by atoms with van der Waals surface area (Å²) in [6.45, 7) is 4.28. The van der Waals surface area contributed by atoms with Crippen LogP contribution in [0.15, 0.2) is 12.1 Å². The lowest BCUT2D eigenvalue weighted by Crippen LogP contribution is -2.20. The minimum Gasteiger partial charge on any atom is -0.504 e. The summed E-state index contributed by atoms with van der Waals surface area (Å²) >= 11 is 0. The van der Waals surface area contributed by atoms with Crippen molar-refractivity contribution in [2.45, 2.75) is 64.9 Å². The summed E-state index contributed by atoms with van der Waals surface area (Å²) in [5.41, 5.74) is 2.48. The maximum atomic E-state index is 10.0. The quantitative estimate of drug-likeness (QED) is 0.864. The van der Waals surface area contributed by atoms with Crippen LogP contribution in [0, 0.1) is 0 Å². The van der Waals surface area contributed by atoms with Crippen LogP contribution in [-0.2, 0) is 12.8 Å². The maximum absolute atomic E-state index is 10.0. The molecule has 2 heteroatoms. The first-order valence-electron chi connectivity index (χ1n) is 7.26. The van der Waals surface area contributed by atoms with Crippen molar-refractivity contribution in [3.63, 3.8) is 0 Å². The molecule has 0 aromatic heterocycles. The molecule has 1 N–H and O–H groups in total. The Morgan fingerprint density at radius 2 is 1.83 bits per heavy atom. The molecule has 18 heavy (non-hydrogen) atoms. The van der Waals surface area contributed by atoms with Gasteiger partial charge in [0.25, 0.3) is 0 Å². The first-order valence-corrected chi connectivity index (χ1v) is 7.26. The number of phenols is 1. The third-order valence-electron chi connectivity index (χ3n) is 3.91. The monoisotopic (exact) mass is 248 g/mol. The van der Waals surface area contributed by atoms with E-state index in [1.807, 2.05) is 6.07 Å². The Labute approximate surface area is 110 Å². The molecule has 0 unspecified atom stereocenters. The molecule has 1 saturated carbocycles. The lowest BCUT2D eigenvalue weighted by atomic mass is 9.97. The van der Waals surface area contributed by atoms with Gasteiger partial charge in [0.15, 0.2) is 11.5 Å². The molecule has 0 atom stereocenters. The van der Waals surface area contributed by atoms with Crippen LogP contribution in [0.5, 0.6) is 11.5 Å². The van der Waals surface area contributed by atoms with Gasteiger partial charge in [0, 0.05) is 5.56 Å². The first kappa shape index (κ1) is 13.3. The Hall–Kier alpha value is -1.18. The molecule has 1 fully saturated rings. The van der Waals surface area contributed by atoms with Crippen LogP contribution < -0.4 is 4.74 Å². The number of ether oxygens (including phenoxy) is 1. The van der Waals surface area contributed by atoms with E-state index in [4.69, 9.17) is 4.74 Å². The number of benzene rings is 1. The Kier molecular flexibility index (Phi) is 4.51. The highest BCUT2D eigenvalue weighted by Crippen LogP contribution is 2.36. The lowest BCUT2D eigenvalue weighted by Gasteiger charge is -2.25. The number of rotatable bonds is 4. The fraction of sp³-hybridized carbons (Fsp3) is 0.625. The Bertz CT molecular complexity index is 392. The Balaban J connectivity index is 2.24. The summed E-state index contributed by atoms with van der Waals surface area (Å²) in [5.74, 6) is 1.04. The second kappa shape index (κ2) is 6.12. The van der Waals surface area contributed by atoms with Gasteiger partial charge in [-0.15, -0.1) is 0 Å². The molecule has 0 heterocycles. The van der Waals surface area contributed by atoms with Crippen LogP contribution in [0.25, 0.3) is 0 Å². The zero-order chi connectivity index (χ0) is 13.0. The number of aromatic hydroxyl groups is 1. The molecule has 1 aromatic carbocycles. The van der Waals surface area contributed by atoms with Crippen LogP contribution in [0.2, 0.25) is 0 Å². The summed E-state index contributed by atoms with van der Waals surface area (Å²) in [6.07, 6.45) is 8.27. The summed E-state index contributed by atoms with van der Waals surface area (Å²) in [5, 5.41) is 10.0. The standard InChI is InChI=1S/C16H24O2/c1-3-12-10-11-15(17)16(14(12)4-2)18-13-8-6-5-7-9-13/h10-11,13,17H,3-9H2,1-2H3. The smallest absolute Gasteiger partial charge is 0.164 e. The van der Waals surface area contributed by atoms with Crippen molar-refractivity contribution < 1.29 is 9.84 Å². The third kappa shape index (κ3) is 2.80. The van der Waals surface area contributed by atoms with Gasteiger partial charge in [-0.05, 0) is 50.2 Å². The first-order chi connectivity index (χ1) is 8.76. The average molecular weight is 248 g/mol. The predicted octanol–water partition coefficient (Wildman–Crippen LogP) is 4.23. The van der Waals surface area contributed by atoms with Crippen molar-refractivity contribution in [3.05, 3.63) is 23.3 Å². The van der Waals surface area contributed by atoms with E-state index in [1.165, 1.54) is 30.4 Å². The summed E-state index contributed by atoms with van der Waals surface area (Å²) < 4.78 is 6.10. The molecule has 100 valence electrons. The zero-order valence-corrected chi connectivity index (χ0v) is 11.5. The van der Waals surface area contributed by atoms with Crippen molar-refractivity contribution in [3.8, 4) is 11.5 Å². The third-order valence-corrected chi connectivity index (χ3v) is 3.91. The van der Waals surface area contributed by atoms with E-state index < -0.39 is 0 Å². The zero-order valence-electron chi connectivity index (χ0n) is 11.5. The molecule has 0 spiro atoms. The van der Waals surface area contributed by atoms with Gasteiger partial charge in [-0.1, -0.05) is 26.3 Å². The van der Waals surface area contributed by atoms with Crippen molar-refractivity contribution in [1.82, 2.24) is 0 Å². The lowest BCUT2D eigenvalue weighted by molar-refractivity contribution is 0.148. The molecule has 1 aliphatic rings. The van der Waals surface area contributed by atoms with Crippen LogP contribution in [0.3, 0.4) is 0 Å². The fourth-order valence-electron chi connectivity index (χ4n) is 2.86. The second-order valence-electron chi connectivity index (χ2n) is 5.14. The topological polar surface area (TPSA) is 29.5 Å². The summed E-state index contributed by atoms with van der Waals surface area (Å²) in [6, 6.07) is 3.79. The van der Waals surface area contributed by atoms with Gasteiger partial charge in [-0.3, -0.25) is 0 Å². The number of hydrogen-bond acceptors (Lipinski definition) is 2. The van der Waals surface area contributed by atoms with Crippen molar-refractivity contribution in [2.75, 3.05) is 0 Å². The summed E-state index contributed by atoms with van der Waals surface area (Å²) in [4.78, 5) is 0. The van der Waals surface area contributed by atoms with E-state index in [9.17, 15) is 5.11 Å². The van der Waals surface area contributed by atoms with E-state index in [2.05, 4.69) is 13.8 Å². The molecule has 0 amide bonds.